The molecule has 0 atom stereocenters. The fraction of sp³-hybridized carbons (Fsp3) is 0.222. The molecule has 0 amide bonds. The zero-order valence-electron chi connectivity index (χ0n) is 37.7. The molecule has 3 aromatic heterocycles. The van der Waals surface area contributed by atoms with Crippen molar-refractivity contribution in [3.05, 3.63) is 193 Å². The van der Waals surface area contributed by atoms with Crippen molar-refractivity contribution in [2.24, 2.45) is 4.99 Å². The van der Waals surface area contributed by atoms with E-state index in [1.165, 1.54) is 12.4 Å². The minimum atomic E-state index is 0.239. The van der Waals surface area contributed by atoms with Crippen molar-refractivity contribution in [1.82, 2.24) is 25.3 Å². The fourth-order valence-electron chi connectivity index (χ4n) is 7.87. The van der Waals surface area contributed by atoms with Crippen LogP contribution < -0.4 is 24.3 Å². The number of halogens is 2. The summed E-state index contributed by atoms with van der Waals surface area (Å²) in [6.45, 7) is 6.64. The molecule has 1 aliphatic rings. The second-order valence-corrected chi connectivity index (χ2v) is 18.0. The van der Waals surface area contributed by atoms with E-state index in [1.54, 1.807) is 30.7 Å². The molecule has 0 aliphatic carbocycles. The first-order valence-corrected chi connectivity index (χ1v) is 23.7. The molecule has 68 heavy (non-hydrogen) atoms. The Balaban J connectivity index is 0.971. The fourth-order valence-corrected chi connectivity index (χ4v) is 8.88. The molecule has 12 nitrogen and oxygen atoms in total. The second-order valence-electron chi connectivity index (χ2n) is 16.3. The van der Waals surface area contributed by atoms with Gasteiger partial charge in [0.15, 0.2) is 0 Å². The third-order valence-electron chi connectivity index (χ3n) is 11.6. The van der Waals surface area contributed by atoms with Gasteiger partial charge in [-0.05, 0) is 122 Å². The molecule has 0 bridgehead atoms. The monoisotopic (exact) mass is 1030 g/mol. The third-order valence-corrected chi connectivity index (χ3v) is 12.8. The number of nitrogens with zero attached hydrogens (tertiary/aromatic N) is 6. The van der Waals surface area contributed by atoms with Crippen LogP contribution in [0.1, 0.15) is 74.3 Å². The number of imidazole rings is 1. The van der Waals surface area contributed by atoms with Gasteiger partial charge in [0, 0.05) is 104 Å². The zero-order valence-corrected chi connectivity index (χ0v) is 40.9. The minimum Gasteiger partial charge on any atom is -0.488 e. The lowest BCUT2D eigenvalue weighted by molar-refractivity contribution is 0.285. The average molecular weight is 1030 g/mol. The van der Waals surface area contributed by atoms with Crippen LogP contribution in [0.3, 0.4) is 0 Å². The molecule has 4 heterocycles. The quantitative estimate of drug-likeness (QED) is 0.0708. The van der Waals surface area contributed by atoms with Crippen LogP contribution in [-0.2, 0) is 45.8 Å². The minimum absolute atomic E-state index is 0.239. The first kappa shape index (κ1) is 47.4. The van der Waals surface area contributed by atoms with E-state index in [2.05, 4.69) is 131 Å². The van der Waals surface area contributed by atoms with Crippen molar-refractivity contribution < 1.29 is 18.9 Å². The Morgan fingerprint density at radius 2 is 1.22 bits per heavy atom. The predicted molar refractivity (Wildman–Crippen MR) is 268 cm³/mol. The number of ether oxygens (including phenoxy) is 4. The molecule has 0 radical (unpaired) electrons. The highest BCUT2D eigenvalue weighted by Gasteiger charge is 2.17. The average Bonchev–Trinajstić information content (AvgIpc) is 4.09. The van der Waals surface area contributed by atoms with Gasteiger partial charge in [-0.2, -0.15) is 10.5 Å². The van der Waals surface area contributed by atoms with E-state index in [0.717, 1.165) is 102 Å². The summed E-state index contributed by atoms with van der Waals surface area (Å²) in [4.78, 5) is 20.4. The van der Waals surface area contributed by atoms with Gasteiger partial charge in [-0.1, -0.05) is 42.5 Å². The van der Waals surface area contributed by atoms with E-state index in [0.29, 0.717) is 60.4 Å². The van der Waals surface area contributed by atoms with Crippen LogP contribution in [0.25, 0.3) is 11.1 Å². The number of aliphatic imine (C=N–C) groups is 1. The highest BCUT2D eigenvalue weighted by molar-refractivity contribution is 9.11. The molecule has 0 saturated heterocycles. The third kappa shape index (κ3) is 12.3. The van der Waals surface area contributed by atoms with Crippen LogP contribution in [-0.4, -0.2) is 32.2 Å². The maximum absolute atomic E-state index is 9.41. The Labute approximate surface area is 413 Å². The van der Waals surface area contributed by atoms with Crippen LogP contribution in [0.2, 0.25) is 0 Å². The lowest BCUT2D eigenvalue weighted by Gasteiger charge is -2.19. The maximum atomic E-state index is 9.41. The maximum Gasteiger partial charge on any atom is 0.137 e. The standard InChI is InChI=1S/C54H48Br2N8O4/c1-35-42(33-67-52-21-50(65-31-39-17-37(23-57)25-59-27-39)41(19-48(52)55)7-5-13-54-63-15-16-64-54)8-3-11-46(35)47-12-4-9-43(36(47)2)34-68-53-22-51(66-32-40-18-38(24-58)26-60-28-40)44(20-49(53)56)29-61-30-45-10-6-14-62-45/h3-4,6,8-9,11-12,14-22,25-28,61H,5,7,10,13,29-34H2,1-2H3,(H,63,64). The molecule has 342 valence electrons. The highest BCUT2D eigenvalue weighted by atomic mass is 79.9. The molecule has 0 unspecified atom stereocenters. The van der Waals surface area contributed by atoms with Gasteiger partial charge in [0.2, 0.25) is 0 Å². The van der Waals surface area contributed by atoms with Gasteiger partial charge in [0.1, 0.15) is 67.4 Å². The molecule has 4 aromatic carbocycles. The Morgan fingerprint density at radius 1 is 0.647 bits per heavy atom. The number of H-pyrrole nitrogens is 1. The Bertz CT molecular complexity index is 3050. The van der Waals surface area contributed by atoms with Crippen molar-refractivity contribution in [1.29, 1.82) is 10.5 Å². The molecule has 7 aromatic rings. The van der Waals surface area contributed by atoms with E-state index >= 15 is 0 Å². The molecule has 0 spiro atoms. The van der Waals surface area contributed by atoms with Crippen molar-refractivity contribution in [2.45, 2.75) is 72.5 Å². The van der Waals surface area contributed by atoms with Crippen LogP contribution in [0.5, 0.6) is 23.0 Å². The Morgan fingerprint density at radius 3 is 1.76 bits per heavy atom. The summed E-state index contributed by atoms with van der Waals surface area (Å²) in [5, 5.41) is 22.3. The molecule has 0 saturated carbocycles. The van der Waals surface area contributed by atoms with E-state index < -0.39 is 0 Å². The van der Waals surface area contributed by atoms with Gasteiger partial charge in [-0.3, -0.25) is 15.0 Å². The number of rotatable bonds is 21. The number of allylic oxidation sites excluding steroid dienone is 1. The zero-order chi connectivity index (χ0) is 47.2. The summed E-state index contributed by atoms with van der Waals surface area (Å²) in [6, 6.07) is 28.4. The second kappa shape index (κ2) is 23.1. The summed E-state index contributed by atoms with van der Waals surface area (Å²) >= 11 is 7.56. The summed E-state index contributed by atoms with van der Waals surface area (Å²) in [7, 11) is 0. The van der Waals surface area contributed by atoms with Crippen LogP contribution in [0.4, 0.5) is 0 Å². The van der Waals surface area contributed by atoms with Crippen LogP contribution >= 0.6 is 31.9 Å². The van der Waals surface area contributed by atoms with Gasteiger partial charge in [0.25, 0.3) is 0 Å². The van der Waals surface area contributed by atoms with Crippen molar-refractivity contribution in [2.75, 3.05) is 6.54 Å². The topological polar surface area (TPSA) is 163 Å². The number of aromatic amines is 1. The molecule has 0 fully saturated rings. The van der Waals surface area contributed by atoms with Crippen molar-refractivity contribution in [3.63, 3.8) is 0 Å². The van der Waals surface area contributed by atoms with Gasteiger partial charge in [0.05, 0.1) is 20.1 Å². The first-order valence-electron chi connectivity index (χ1n) is 22.2. The lowest BCUT2D eigenvalue weighted by Crippen LogP contribution is -2.21. The SMILES string of the molecule is Cc1c(COc2cc(OCc3cncc(C#N)c3)c(CCCc3ncc[nH]3)cc2Br)cccc1-c1cccc(COc2cc(OCc3cncc(C#N)c3)c(CNCC3=NC=CC3)cc2Br)c1C. The highest BCUT2D eigenvalue weighted by Crippen LogP contribution is 2.38. The number of nitrogens with one attached hydrogen (secondary N) is 2. The molecule has 2 N–H and O–H groups in total. The molecule has 1 aliphatic heterocycles. The van der Waals surface area contributed by atoms with E-state index in [1.807, 2.05) is 36.7 Å². The largest absolute Gasteiger partial charge is 0.488 e. The van der Waals surface area contributed by atoms with Crippen LogP contribution in [0, 0.1) is 36.5 Å². The Kier molecular flexibility index (Phi) is 16.1. The number of hydrogen-bond donors (Lipinski definition) is 2. The number of aromatic nitrogens is 4. The summed E-state index contributed by atoms with van der Waals surface area (Å²) in [6.07, 6.45) is 17.3. The molecular formula is C54H48Br2N8O4. The summed E-state index contributed by atoms with van der Waals surface area (Å²) in [5.41, 5.74) is 12.2. The molecule has 14 heteroatoms. The molecule has 8 rings (SSSR count). The van der Waals surface area contributed by atoms with Crippen LogP contribution in [0.15, 0.2) is 136 Å². The smallest absolute Gasteiger partial charge is 0.137 e. The number of hydrogen-bond acceptors (Lipinski definition) is 11. The number of aryl methyl sites for hydroxylation is 2. The predicted octanol–water partition coefficient (Wildman–Crippen LogP) is 11.7. The van der Waals surface area contributed by atoms with Gasteiger partial charge in [-0.15, -0.1) is 0 Å². The molecular weight excluding hydrogens is 984 g/mol. The van der Waals surface area contributed by atoms with E-state index in [4.69, 9.17) is 18.9 Å². The number of benzene rings is 4. The van der Waals surface area contributed by atoms with E-state index in [-0.39, 0.29) is 13.2 Å². The Hall–Kier alpha value is -7.10. The summed E-state index contributed by atoms with van der Waals surface area (Å²) < 4.78 is 27.5. The summed E-state index contributed by atoms with van der Waals surface area (Å²) in [5.74, 6) is 3.61. The lowest BCUT2D eigenvalue weighted by atomic mass is 9.92. The van der Waals surface area contributed by atoms with E-state index in [9.17, 15) is 10.5 Å². The number of nitriles is 2. The van der Waals surface area contributed by atoms with Gasteiger partial charge < -0.3 is 29.2 Å². The van der Waals surface area contributed by atoms with Crippen molar-refractivity contribution >= 4 is 37.6 Å². The number of pyridine rings is 2. The first-order chi connectivity index (χ1) is 33.2. The normalized spacial score (nSPS) is 11.8. The van der Waals surface area contributed by atoms with Gasteiger partial charge >= 0.3 is 0 Å². The van der Waals surface area contributed by atoms with Crippen molar-refractivity contribution in [3.8, 4) is 46.3 Å². The van der Waals surface area contributed by atoms with Gasteiger partial charge in [-0.25, -0.2) is 4.98 Å².